The van der Waals surface area contributed by atoms with E-state index in [-0.39, 0.29) is 17.2 Å². The van der Waals surface area contributed by atoms with Crippen LogP contribution in [0.4, 0.5) is 0 Å². The van der Waals surface area contributed by atoms with Crippen LogP contribution >= 0.6 is 0 Å². The van der Waals surface area contributed by atoms with E-state index in [1.165, 1.54) is 7.11 Å². The minimum Gasteiger partial charge on any atom is -0.467 e. The molecule has 33 heavy (non-hydrogen) atoms. The van der Waals surface area contributed by atoms with Crippen molar-refractivity contribution in [3.05, 3.63) is 71.3 Å². The minimum atomic E-state index is -0.846. The Morgan fingerprint density at radius 2 is 1.48 bits per heavy atom. The number of nitrogens with one attached hydrogen (secondary N) is 2. The van der Waals surface area contributed by atoms with Gasteiger partial charge >= 0.3 is 5.97 Å². The van der Waals surface area contributed by atoms with Gasteiger partial charge in [-0.1, -0.05) is 77.1 Å². The first-order valence-electron chi connectivity index (χ1n) is 11.3. The van der Waals surface area contributed by atoms with E-state index in [1.54, 1.807) is 12.1 Å². The fourth-order valence-corrected chi connectivity index (χ4v) is 3.52. The Labute approximate surface area is 197 Å². The lowest BCUT2D eigenvalue weighted by atomic mass is 9.86. The summed E-state index contributed by atoms with van der Waals surface area (Å²) < 4.78 is 4.86. The van der Waals surface area contributed by atoms with Gasteiger partial charge in [0.05, 0.1) is 7.11 Å². The number of rotatable bonds is 9. The first-order valence-corrected chi connectivity index (χ1v) is 11.3. The molecule has 0 saturated heterocycles. The molecule has 0 aliphatic rings. The van der Waals surface area contributed by atoms with Crippen LogP contribution in [0.5, 0.6) is 0 Å². The van der Waals surface area contributed by atoms with Gasteiger partial charge in [-0.2, -0.15) is 0 Å². The molecule has 0 bridgehead atoms. The van der Waals surface area contributed by atoms with Crippen molar-refractivity contribution in [3.63, 3.8) is 0 Å². The third-order valence-corrected chi connectivity index (χ3v) is 5.43. The zero-order chi connectivity index (χ0) is 24.6. The van der Waals surface area contributed by atoms with E-state index in [0.717, 1.165) is 11.1 Å². The molecule has 0 aromatic heterocycles. The molecule has 178 valence electrons. The highest BCUT2D eigenvalue weighted by atomic mass is 16.5. The summed E-state index contributed by atoms with van der Waals surface area (Å²) in [6.07, 6.45) is 0.743. The molecule has 6 nitrogen and oxygen atoms in total. The van der Waals surface area contributed by atoms with Crippen LogP contribution in [0.25, 0.3) is 0 Å². The highest BCUT2D eigenvalue weighted by molar-refractivity contribution is 5.98. The van der Waals surface area contributed by atoms with Gasteiger partial charge in [0, 0.05) is 12.0 Å². The monoisotopic (exact) mass is 452 g/mol. The number of hydrogen-bond donors (Lipinski definition) is 2. The molecule has 0 unspecified atom stereocenters. The van der Waals surface area contributed by atoms with E-state index < -0.39 is 24.0 Å². The van der Waals surface area contributed by atoms with Gasteiger partial charge in [-0.15, -0.1) is 0 Å². The maximum absolute atomic E-state index is 13.2. The summed E-state index contributed by atoms with van der Waals surface area (Å²) in [5, 5.41) is 5.63. The molecule has 0 heterocycles. The van der Waals surface area contributed by atoms with Crippen LogP contribution in [0, 0.1) is 5.92 Å². The first-order chi connectivity index (χ1) is 15.5. The van der Waals surface area contributed by atoms with Gasteiger partial charge in [-0.3, -0.25) is 9.59 Å². The second-order valence-electron chi connectivity index (χ2n) is 9.76. The van der Waals surface area contributed by atoms with Crippen molar-refractivity contribution in [2.45, 2.75) is 65.0 Å². The van der Waals surface area contributed by atoms with Gasteiger partial charge in [0.15, 0.2) is 0 Å². The highest BCUT2D eigenvalue weighted by Gasteiger charge is 2.28. The Balaban J connectivity index is 2.23. The number of methoxy groups -OCH3 is 1. The number of hydrogen-bond acceptors (Lipinski definition) is 4. The Morgan fingerprint density at radius 3 is 2.00 bits per heavy atom. The molecule has 2 atom stereocenters. The van der Waals surface area contributed by atoms with Crippen molar-refractivity contribution in [1.82, 2.24) is 10.6 Å². The van der Waals surface area contributed by atoms with Crippen LogP contribution in [0.15, 0.2) is 54.6 Å². The summed E-state index contributed by atoms with van der Waals surface area (Å²) in [5.74, 6) is -1.09. The number of benzene rings is 2. The quantitative estimate of drug-likeness (QED) is 0.563. The first kappa shape index (κ1) is 26.1. The number of esters is 1. The lowest BCUT2D eigenvalue weighted by Crippen LogP contribution is -2.53. The van der Waals surface area contributed by atoms with Crippen molar-refractivity contribution >= 4 is 17.8 Å². The molecule has 2 amide bonds. The molecule has 0 spiro atoms. The summed E-state index contributed by atoms with van der Waals surface area (Å²) in [6, 6.07) is 15.2. The Kier molecular flexibility index (Phi) is 9.21. The number of carbonyl (C=O) groups excluding carboxylic acids is 3. The van der Waals surface area contributed by atoms with Crippen molar-refractivity contribution in [3.8, 4) is 0 Å². The Bertz CT molecular complexity index is 931. The highest BCUT2D eigenvalue weighted by Crippen LogP contribution is 2.22. The van der Waals surface area contributed by atoms with E-state index in [4.69, 9.17) is 4.74 Å². The molecule has 0 aliphatic heterocycles. The number of amides is 2. The van der Waals surface area contributed by atoms with E-state index in [1.807, 2.05) is 56.3 Å². The minimum absolute atomic E-state index is 0.0238. The summed E-state index contributed by atoms with van der Waals surface area (Å²) in [4.78, 5) is 38.4. The van der Waals surface area contributed by atoms with Crippen molar-refractivity contribution in [2.24, 2.45) is 5.92 Å². The molecule has 2 aromatic rings. The van der Waals surface area contributed by atoms with E-state index in [0.29, 0.717) is 18.4 Å². The largest absolute Gasteiger partial charge is 0.467 e. The molecule has 0 radical (unpaired) electrons. The predicted octanol–water partition coefficient (Wildman–Crippen LogP) is 4.03. The lowest BCUT2D eigenvalue weighted by Gasteiger charge is -2.23. The Morgan fingerprint density at radius 1 is 0.879 bits per heavy atom. The molecule has 2 rings (SSSR count). The molecule has 6 heteroatoms. The molecule has 0 saturated carbocycles. The smallest absolute Gasteiger partial charge is 0.328 e. The number of carbonyl (C=O) groups is 3. The number of ether oxygens (including phenoxy) is 1. The molecule has 0 aliphatic carbocycles. The van der Waals surface area contributed by atoms with Crippen LogP contribution in [-0.2, 0) is 26.2 Å². The van der Waals surface area contributed by atoms with Gasteiger partial charge in [0.2, 0.25) is 5.91 Å². The van der Waals surface area contributed by atoms with Crippen LogP contribution in [-0.4, -0.2) is 37.0 Å². The fourth-order valence-electron chi connectivity index (χ4n) is 3.52. The second-order valence-corrected chi connectivity index (χ2v) is 9.76. The summed E-state index contributed by atoms with van der Waals surface area (Å²) in [7, 11) is 1.30. The third-order valence-electron chi connectivity index (χ3n) is 5.43. The van der Waals surface area contributed by atoms with Gasteiger partial charge < -0.3 is 15.4 Å². The molecular weight excluding hydrogens is 416 g/mol. The average Bonchev–Trinajstić information content (AvgIpc) is 2.77. The zero-order valence-electron chi connectivity index (χ0n) is 20.5. The second kappa shape index (κ2) is 11.6. The predicted molar refractivity (Wildman–Crippen MR) is 130 cm³/mol. The third kappa shape index (κ3) is 8.04. The summed E-state index contributed by atoms with van der Waals surface area (Å²) in [5.41, 5.74) is 2.47. The van der Waals surface area contributed by atoms with Gasteiger partial charge in [-0.25, -0.2) is 4.79 Å². The van der Waals surface area contributed by atoms with E-state index >= 15 is 0 Å². The lowest BCUT2D eigenvalue weighted by molar-refractivity contribution is -0.145. The van der Waals surface area contributed by atoms with Crippen LogP contribution in [0.1, 0.15) is 62.5 Å². The van der Waals surface area contributed by atoms with E-state index in [2.05, 4.69) is 31.4 Å². The fraction of sp³-hybridized carbons (Fsp3) is 0.444. The van der Waals surface area contributed by atoms with Crippen LogP contribution < -0.4 is 10.6 Å². The Hall–Kier alpha value is -3.15. The zero-order valence-corrected chi connectivity index (χ0v) is 20.5. The average molecular weight is 453 g/mol. The SMILES string of the molecule is COC(=O)[C@H](CC(C)C)NC(=O)[C@H](Cc1ccccc1)NC(=O)c1ccc(C(C)(C)C)cc1. The molecular formula is C27H36N2O4. The van der Waals surface area contributed by atoms with Crippen LogP contribution in [0.2, 0.25) is 0 Å². The molecule has 2 N–H and O–H groups in total. The van der Waals surface area contributed by atoms with Gasteiger partial charge in [0.1, 0.15) is 12.1 Å². The maximum Gasteiger partial charge on any atom is 0.328 e. The van der Waals surface area contributed by atoms with Crippen molar-refractivity contribution < 1.29 is 19.1 Å². The normalized spacial score (nSPS) is 13.2. The summed E-state index contributed by atoms with van der Waals surface area (Å²) >= 11 is 0. The summed E-state index contributed by atoms with van der Waals surface area (Å²) in [6.45, 7) is 10.3. The van der Waals surface area contributed by atoms with E-state index in [9.17, 15) is 14.4 Å². The van der Waals surface area contributed by atoms with Crippen LogP contribution in [0.3, 0.4) is 0 Å². The van der Waals surface area contributed by atoms with Crippen molar-refractivity contribution in [2.75, 3.05) is 7.11 Å². The van der Waals surface area contributed by atoms with Crippen molar-refractivity contribution in [1.29, 1.82) is 0 Å². The van der Waals surface area contributed by atoms with Gasteiger partial charge in [0.25, 0.3) is 5.91 Å². The topological polar surface area (TPSA) is 84.5 Å². The maximum atomic E-state index is 13.2. The molecule has 2 aromatic carbocycles. The standard InChI is InChI=1S/C27H36N2O4/c1-18(2)16-23(26(32)33-6)29-25(31)22(17-19-10-8-7-9-11-19)28-24(30)20-12-14-21(15-13-20)27(3,4)5/h7-15,18,22-23H,16-17H2,1-6H3,(H,28,30)(H,29,31)/t22-,23-/m0/s1. The molecule has 0 fully saturated rings. The van der Waals surface area contributed by atoms with Gasteiger partial charge in [-0.05, 0) is 41.0 Å².